The molecule has 2 aromatic heterocycles. The molecular formula is C13H16N4O2. The van der Waals surface area contributed by atoms with Gasteiger partial charge in [-0.3, -0.25) is 5.10 Å². The third kappa shape index (κ3) is 3.31. The first-order chi connectivity index (χ1) is 9.20. The van der Waals surface area contributed by atoms with E-state index in [9.17, 15) is 4.79 Å². The number of nitrogens with zero attached hydrogens (tertiary/aromatic N) is 2. The highest BCUT2D eigenvalue weighted by molar-refractivity contribution is 5.89. The van der Waals surface area contributed by atoms with Crippen LogP contribution in [-0.2, 0) is 11.3 Å². The molecule has 19 heavy (non-hydrogen) atoms. The summed E-state index contributed by atoms with van der Waals surface area (Å²) in [4.78, 5) is 15.6. The first kappa shape index (κ1) is 13.1. The average Bonchev–Trinajstić information content (AvgIpc) is 2.83. The van der Waals surface area contributed by atoms with Gasteiger partial charge in [-0.05, 0) is 26.0 Å². The van der Waals surface area contributed by atoms with Crippen molar-refractivity contribution in [3.8, 4) is 0 Å². The van der Waals surface area contributed by atoms with E-state index in [4.69, 9.17) is 4.74 Å². The number of esters is 1. The van der Waals surface area contributed by atoms with Gasteiger partial charge in [-0.25, -0.2) is 9.78 Å². The molecule has 0 saturated heterocycles. The number of anilines is 1. The number of hydrogen-bond donors (Lipinski definition) is 2. The zero-order valence-corrected chi connectivity index (χ0v) is 10.9. The largest absolute Gasteiger partial charge is 0.462 e. The zero-order valence-electron chi connectivity index (χ0n) is 10.9. The first-order valence-corrected chi connectivity index (χ1v) is 6.06. The SMILES string of the molecule is CCOC(=O)c1ccc(NCc2cn[nH]c2C)nc1. The highest BCUT2D eigenvalue weighted by atomic mass is 16.5. The Kier molecular flexibility index (Phi) is 4.12. The second-order valence-electron chi connectivity index (χ2n) is 4.03. The maximum atomic E-state index is 11.5. The van der Waals surface area contributed by atoms with Crippen molar-refractivity contribution in [1.82, 2.24) is 15.2 Å². The van der Waals surface area contributed by atoms with E-state index in [-0.39, 0.29) is 5.97 Å². The fourth-order valence-electron chi connectivity index (χ4n) is 1.57. The van der Waals surface area contributed by atoms with Crippen LogP contribution < -0.4 is 5.32 Å². The predicted octanol–water partition coefficient (Wildman–Crippen LogP) is 1.90. The van der Waals surface area contributed by atoms with Crippen LogP contribution in [0.1, 0.15) is 28.5 Å². The van der Waals surface area contributed by atoms with Gasteiger partial charge in [0.1, 0.15) is 5.82 Å². The molecule has 0 radical (unpaired) electrons. The highest BCUT2D eigenvalue weighted by Gasteiger charge is 2.06. The minimum absolute atomic E-state index is 0.354. The fourth-order valence-corrected chi connectivity index (χ4v) is 1.57. The summed E-state index contributed by atoms with van der Waals surface area (Å²) in [5.74, 6) is 0.348. The van der Waals surface area contributed by atoms with Crippen molar-refractivity contribution < 1.29 is 9.53 Å². The molecule has 6 nitrogen and oxygen atoms in total. The Bertz CT molecular complexity index is 548. The van der Waals surface area contributed by atoms with Gasteiger partial charge in [0, 0.05) is 24.0 Å². The number of ether oxygens (including phenoxy) is 1. The van der Waals surface area contributed by atoms with Crippen LogP contribution in [0.5, 0.6) is 0 Å². The van der Waals surface area contributed by atoms with Crippen LogP contribution >= 0.6 is 0 Å². The van der Waals surface area contributed by atoms with E-state index in [1.807, 2.05) is 6.92 Å². The van der Waals surface area contributed by atoms with Crippen molar-refractivity contribution >= 4 is 11.8 Å². The van der Waals surface area contributed by atoms with Gasteiger partial charge in [0.15, 0.2) is 0 Å². The number of hydrogen-bond acceptors (Lipinski definition) is 5. The molecule has 0 saturated carbocycles. The molecule has 100 valence electrons. The number of carbonyl (C=O) groups excluding carboxylic acids is 1. The third-order valence-electron chi connectivity index (χ3n) is 2.67. The standard InChI is InChI=1S/C13H16N4O2/c1-3-19-13(18)10-4-5-12(14-6-10)15-7-11-8-16-17-9(11)2/h4-6,8H,3,7H2,1-2H3,(H,14,15)(H,16,17). The van der Waals surface area contributed by atoms with Gasteiger partial charge in [-0.2, -0.15) is 5.10 Å². The fraction of sp³-hybridized carbons (Fsp3) is 0.308. The normalized spacial score (nSPS) is 10.2. The molecule has 0 fully saturated rings. The van der Waals surface area contributed by atoms with Crippen LogP contribution in [-0.4, -0.2) is 27.8 Å². The molecule has 0 bridgehead atoms. The predicted molar refractivity (Wildman–Crippen MR) is 70.8 cm³/mol. The maximum absolute atomic E-state index is 11.5. The maximum Gasteiger partial charge on any atom is 0.339 e. The van der Waals surface area contributed by atoms with Gasteiger partial charge < -0.3 is 10.1 Å². The average molecular weight is 260 g/mol. The molecule has 2 heterocycles. The van der Waals surface area contributed by atoms with Crippen LogP contribution in [0.3, 0.4) is 0 Å². The summed E-state index contributed by atoms with van der Waals surface area (Å²) in [7, 11) is 0. The number of aromatic amines is 1. The molecule has 2 aromatic rings. The molecule has 0 amide bonds. The lowest BCUT2D eigenvalue weighted by Gasteiger charge is -2.06. The number of aryl methyl sites for hydroxylation is 1. The lowest BCUT2D eigenvalue weighted by molar-refractivity contribution is 0.0526. The lowest BCUT2D eigenvalue weighted by atomic mass is 10.2. The van der Waals surface area contributed by atoms with E-state index in [1.165, 1.54) is 6.20 Å². The summed E-state index contributed by atoms with van der Waals surface area (Å²) in [6, 6.07) is 3.44. The molecule has 0 unspecified atom stereocenters. The van der Waals surface area contributed by atoms with Crippen LogP contribution in [0, 0.1) is 6.92 Å². The van der Waals surface area contributed by atoms with Gasteiger partial charge in [0.05, 0.1) is 18.4 Å². The molecule has 0 aliphatic heterocycles. The number of H-pyrrole nitrogens is 1. The second-order valence-corrected chi connectivity index (χ2v) is 4.03. The molecule has 2 rings (SSSR count). The van der Waals surface area contributed by atoms with E-state index < -0.39 is 0 Å². The molecule has 0 atom stereocenters. The third-order valence-corrected chi connectivity index (χ3v) is 2.67. The summed E-state index contributed by atoms with van der Waals surface area (Å²) in [6.45, 7) is 4.72. The molecular weight excluding hydrogens is 244 g/mol. The van der Waals surface area contributed by atoms with Gasteiger partial charge in [-0.1, -0.05) is 0 Å². The Balaban J connectivity index is 1.95. The number of rotatable bonds is 5. The van der Waals surface area contributed by atoms with Gasteiger partial charge >= 0.3 is 5.97 Å². The Hall–Kier alpha value is -2.37. The van der Waals surface area contributed by atoms with Gasteiger partial charge in [0.2, 0.25) is 0 Å². The van der Waals surface area contributed by atoms with Crippen molar-refractivity contribution in [1.29, 1.82) is 0 Å². The number of carbonyl (C=O) groups is 1. The highest BCUT2D eigenvalue weighted by Crippen LogP contribution is 2.09. The quantitative estimate of drug-likeness (QED) is 0.803. The van der Waals surface area contributed by atoms with E-state index >= 15 is 0 Å². The van der Waals surface area contributed by atoms with E-state index in [2.05, 4.69) is 20.5 Å². The van der Waals surface area contributed by atoms with Gasteiger partial charge in [0.25, 0.3) is 0 Å². The Labute approximate surface area is 111 Å². The number of pyridine rings is 1. The van der Waals surface area contributed by atoms with Crippen LogP contribution in [0.2, 0.25) is 0 Å². The lowest BCUT2D eigenvalue weighted by Crippen LogP contribution is -2.06. The van der Waals surface area contributed by atoms with Crippen LogP contribution in [0.4, 0.5) is 5.82 Å². The number of nitrogens with one attached hydrogen (secondary N) is 2. The molecule has 0 aliphatic carbocycles. The van der Waals surface area contributed by atoms with Crippen molar-refractivity contribution in [3.05, 3.63) is 41.3 Å². The summed E-state index contributed by atoms with van der Waals surface area (Å²) in [5, 5.41) is 9.98. The smallest absolute Gasteiger partial charge is 0.339 e. The summed E-state index contributed by atoms with van der Waals surface area (Å²) in [5.41, 5.74) is 2.55. The first-order valence-electron chi connectivity index (χ1n) is 6.06. The molecule has 2 N–H and O–H groups in total. The second kappa shape index (κ2) is 5.99. The van der Waals surface area contributed by atoms with E-state index in [0.29, 0.717) is 24.5 Å². The van der Waals surface area contributed by atoms with E-state index in [0.717, 1.165) is 11.3 Å². The minimum atomic E-state index is -0.354. The summed E-state index contributed by atoms with van der Waals surface area (Å²) < 4.78 is 4.89. The van der Waals surface area contributed by atoms with E-state index in [1.54, 1.807) is 25.3 Å². The van der Waals surface area contributed by atoms with Gasteiger partial charge in [-0.15, -0.1) is 0 Å². The molecule has 0 spiro atoms. The summed E-state index contributed by atoms with van der Waals surface area (Å²) >= 11 is 0. The van der Waals surface area contributed by atoms with Crippen LogP contribution in [0.15, 0.2) is 24.5 Å². The van der Waals surface area contributed by atoms with Crippen molar-refractivity contribution in [2.24, 2.45) is 0 Å². The molecule has 0 aliphatic rings. The molecule has 6 heteroatoms. The Morgan fingerprint density at radius 2 is 2.26 bits per heavy atom. The Morgan fingerprint density at radius 3 is 2.84 bits per heavy atom. The Morgan fingerprint density at radius 1 is 1.42 bits per heavy atom. The van der Waals surface area contributed by atoms with Crippen LogP contribution in [0.25, 0.3) is 0 Å². The zero-order chi connectivity index (χ0) is 13.7. The monoisotopic (exact) mass is 260 g/mol. The van der Waals surface area contributed by atoms with Crippen molar-refractivity contribution in [3.63, 3.8) is 0 Å². The molecule has 0 aromatic carbocycles. The topological polar surface area (TPSA) is 79.9 Å². The number of aromatic nitrogens is 3. The minimum Gasteiger partial charge on any atom is -0.462 e. The summed E-state index contributed by atoms with van der Waals surface area (Å²) in [6.07, 6.45) is 3.28. The van der Waals surface area contributed by atoms with Crippen molar-refractivity contribution in [2.75, 3.05) is 11.9 Å². The van der Waals surface area contributed by atoms with Crippen molar-refractivity contribution in [2.45, 2.75) is 20.4 Å².